The number of aromatic nitrogens is 3. The Kier molecular flexibility index (Phi) is 0.699. The molecule has 2 bridgehead atoms. The predicted molar refractivity (Wildman–Crippen MR) is 52.9 cm³/mol. The molecule has 6 atom stereocenters. The van der Waals surface area contributed by atoms with Gasteiger partial charge in [-0.2, -0.15) is 0 Å². The Labute approximate surface area is 90.3 Å². The first kappa shape index (κ1) is 7.14. The van der Waals surface area contributed by atoms with Crippen molar-refractivity contribution < 1.29 is 0 Å². The van der Waals surface area contributed by atoms with E-state index in [0.29, 0.717) is 12.1 Å². The van der Waals surface area contributed by atoms with Crippen LogP contribution in [0.2, 0.25) is 0 Å². The summed E-state index contributed by atoms with van der Waals surface area (Å²) in [7, 11) is 1.60. The Morgan fingerprint density at radius 2 is 1.12 bits per heavy atom. The van der Waals surface area contributed by atoms with Crippen LogP contribution in [-0.4, -0.2) is 13.9 Å². The molecule has 4 aliphatic carbocycles. The second kappa shape index (κ2) is 1.57. The van der Waals surface area contributed by atoms with Crippen molar-refractivity contribution in [3.05, 3.63) is 21.0 Å². The maximum atomic E-state index is 12.1. The molecule has 82 valence electrons. The molecule has 1 aromatic heterocycles. The van der Waals surface area contributed by atoms with E-state index in [2.05, 4.69) is 0 Å². The van der Waals surface area contributed by atoms with Crippen molar-refractivity contribution in [2.75, 3.05) is 0 Å². The first-order valence-corrected chi connectivity index (χ1v) is 6.13. The van der Waals surface area contributed by atoms with E-state index in [0.717, 1.165) is 35.5 Å². The lowest BCUT2D eigenvalue weighted by Crippen LogP contribution is -2.45. The zero-order chi connectivity index (χ0) is 10.5. The zero-order valence-corrected chi connectivity index (χ0v) is 8.78. The molecule has 5 heteroatoms. The topological polar surface area (TPSA) is 48.9 Å². The summed E-state index contributed by atoms with van der Waals surface area (Å²) in [6, 6.07) is 0.771. The summed E-state index contributed by atoms with van der Waals surface area (Å²) in [6.45, 7) is 0. The molecule has 0 N–H and O–H groups in total. The lowest BCUT2D eigenvalue weighted by atomic mass is 9.89. The van der Waals surface area contributed by atoms with Gasteiger partial charge in [0.1, 0.15) is 0 Å². The Hall–Kier alpha value is -1.26. The van der Waals surface area contributed by atoms with Gasteiger partial charge in [-0.3, -0.25) is 0 Å². The smallest absolute Gasteiger partial charge is 0.246 e. The maximum absolute atomic E-state index is 12.1. The van der Waals surface area contributed by atoms with Crippen molar-refractivity contribution in [3.8, 4) is 0 Å². The van der Waals surface area contributed by atoms with E-state index >= 15 is 0 Å². The van der Waals surface area contributed by atoms with Crippen LogP contribution in [0.1, 0.15) is 12.1 Å². The lowest BCUT2D eigenvalue weighted by molar-refractivity contribution is 0.112. The van der Waals surface area contributed by atoms with Gasteiger partial charge in [0.25, 0.3) is 0 Å². The van der Waals surface area contributed by atoms with Gasteiger partial charge in [-0.05, 0) is 35.5 Å². The van der Waals surface area contributed by atoms with E-state index in [1.807, 2.05) is 9.36 Å². The normalized spacial score (nSPS) is 60.1. The highest BCUT2D eigenvalue weighted by atomic mass is 16.2. The van der Waals surface area contributed by atoms with Gasteiger partial charge in [0, 0.05) is 7.05 Å². The molecule has 4 fully saturated rings. The van der Waals surface area contributed by atoms with Crippen LogP contribution in [-0.2, 0) is 7.05 Å². The van der Waals surface area contributed by atoms with Gasteiger partial charge < -0.3 is 0 Å². The van der Waals surface area contributed by atoms with E-state index in [-0.39, 0.29) is 11.4 Å². The van der Waals surface area contributed by atoms with E-state index in [4.69, 9.17) is 0 Å². The molecule has 4 saturated carbocycles. The van der Waals surface area contributed by atoms with Crippen LogP contribution in [0.4, 0.5) is 0 Å². The van der Waals surface area contributed by atoms with Crippen LogP contribution in [0, 0.1) is 35.5 Å². The predicted octanol–water partition coefficient (Wildman–Crippen LogP) is -0.804. The quantitative estimate of drug-likeness (QED) is 0.571. The molecule has 0 amide bonds. The lowest BCUT2D eigenvalue weighted by Gasteiger charge is -2.36. The minimum absolute atomic E-state index is 0.0879. The molecule has 7 rings (SSSR count). The first-order chi connectivity index (χ1) is 7.73. The molecule has 3 heterocycles. The number of hydrogen-bond acceptors (Lipinski definition) is 2. The minimum Gasteiger partial charge on any atom is -0.246 e. The monoisotopic (exact) mass is 217 g/mol. The molecular formula is C11H11N3O2. The molecule has 0 spiro atoms. The van der Waals surface area contributed by atoms with Gasteiger partial charge in [-0.1, -0.05) is 0 Å². The standard InChI is InChI=1S/C11H11N3O2/c1-12-10(15)13-8-4-2-3-6(8)7(3)9(5(2)4)14(13)11(12)16/h2-9H,1H3/t2?,3?,4-,5+,6-,7+,8?,9?. The third kappa shape index (κ3) is 0.394. The number of nitrogens with zero attached hydrogens (tertiary/aromatic N) is 3. The molecule has 1 aromatic rings. The van der Waals surface area contributed by atoms with Crippen LogP contribution >= 0.6 is 0 Å². The third-order valence-electron chi connectivity index (χ3n) is 6.17. The molecule has 0 saturated heterocycles. The van der Waals surface area contributed by atoms with Crippen LogP contribution < -0.4 is 11.4 Å². The summed E-state index contributed by atoms with van der Waals surface area (Å²) >= 11 is 0. The first-order valence-electron chi connectivity index (χ1n) is 6.13. The van der Waals surface area contributed by atoms with Crippen molar-refractivity contribution in [1.29, 1.82) is 0 Å². The van der Waals surface area contributed by atoms with E-state index in [1.54, 1.807) is 7.05 Å². The molecular weight excluding hydrogens is 206 g/mol. The second-order valence-corrected chi connectivity index (χ2v) is 6.26. The Balaban J connectivity index is 1.85. The number of hydrogen-bond donors (Lipinski definition) is 0. The van der Waals surface area contributed by atoms with Crippen molar-refractivity contribution in [2.24, 2.45) is 42.6 Å². The van der Waals surface area contributed by atoms with Gasteiger partial charge in [-0.25, -0.2) is 23.5 Å². The van der Waals surface area contributed by atoms with Crippen LogP contribution in [0.25, 0.3) is 0 Å². The van der Waals surface area contributed by atoms with E-state index in [9.17, 15) is 9.59 Å². The zero-order valence-electron chi connectivity index (χ0n) is 8.78. The highest BCUT2D eigenvalue weighted by molar-refractivity contribution is 5.37. The fourth-order valence-electron chi connectivity index (χ4n) is 5.90. The molecule has 0 radical (unpaired) electrons. The van der Waals surface area contributed by atoms with Crippen LogP contribution in [0.15, 0.2) is 9.59 Å². The van der Waals surface area contributed by atoms with Crippen molar-refractivity contribution in [2.45, 2.75) is 12.1 Å². The van der Waals surface area contributed by atoms with Gasteiger partial charge >= 0.3 is 11.4 Å². The fraction of sp³-hybridized carbons (Fsp3) is 0.818. The van der Waals surface area contributed by atoms with Gasteiger partial charge in [0.15, 0.2) is 0 Å². The minimum atomic E-state index is -0.0879. The molecule has 16 heavy (non-hydrogen) atoms. The van der Waals surface area contributed by atoms with Gasteiger partial charge in [0.2, 0.25) is 0 Å². The fourth-order valence-corrected chi connectivity index (χ4v) is 5.90. The second-order valence-electron chi connectivity index (χ2n) is 6.26. The third-order valence-corrected chi connectivity index (χ3v) is 6.17. The van der Waals surface area contributed by atoms with Gasteiger partial charge in [-0.15, -0.1) is 0 Å². The molecule has 5 nitrogen and oxygen atoms in total. The molecule has 2 aliphatic heterocycles. The maximum Gasteiger partial charge on any atom is 0.347 e. The summed E-state index contributed by atoms with van der Waals surface area (Å²) in [5, 5.41) is 0. The Morgan fingerprint density at radius 1 is 0.750 bits per heavy atom. The summed E-state index contributed by atoms with van der Waals surface area (Å²) in [5.74, 6) is 4.77. The van der Waals surface area contributed by atoms with Crippen LogP contribution in [0.5, 0.6) is 0 Å². The molecule has 6 aliphatic rings. The summed E-state index contributed by atoms with van der Waals surface area (Å²) < 4.78 is 4.90. The van der Waals surface area contributed by atoms with E-state index in [1.165, 1.54) is 4.57 Å². The highest BCUT2D eigenvalue weighted by Gasteiger charge is 2.90. The Bertz CT molecular complexity index is 618. The highest BCUT2D eigenvalue weighted by Crippen LogP contribution is 2.91. The van der Waals surface area contributed by atoms with Crippen molar-refractivity contribution in [1.82, 2.24) is 13.9 Å². The number of rotatable bonds is 0. The molecule has 2 unspecified atom stereocenters. The Morgan fingerprint density at radius 3 is 1.50 bits per heavy atom. The summed E-state index contributed by atoms with van der Waals surface area (Å²) in [4.78, 5) is 24.1. The SMILES string of the molecule is Cn1c(=O)n2n(c1=O)C1[C@@H]3C4C5[C@H](C2[C@@H]43)[C@@H]51. The van der Waals surface area contributed by atoms with Gasteiger partial charge in [0.05, 0.1) is 12.1 Å². The summed E-state index contributed by atoms with van der Waals surface area (Å²) in [6.07, 6.45) is 0. The summed E-state index contributed by atoms with van der Waals surface area (Å²) in [5.41, 5.74) is -0.176. The van der Waals surface area contributed by atoms with Crippen molar-refractivity contribution >= 4 is 0 Å². The molecule has 0 aromatic carbocycles. The largest absolute Gasteiger partial charge is 0.347 e. The van der Waals surface area contributed by atoms with Crippen LogP contribution in [0.3, 0.4) is 0 Å². The van der Waals surface area contributed by atoms with E-state index < -0.39 is 0 Å². The van der Waals surface area contributed by atoms with Crippen molar-refractivity contribution in [3.63, 3.8) is 0 Å². The average molecular weight is 217 g/mol. The average Bonchev–Trinajstić information content (AvgIpc) is 3.10.